The number of nitrogens with two attached hydrogens (primary N) is 1. The maximum atomic E-state index is 13.1. The van der Waals surface area contributed by atoms with Gasteiger partial charge in [0.25, 0.3) is 11.8 Å². The van der Waals surface area contributed by atoms with Crippen LogP contribution >= 0.6 is 0 Å². The fourth-order valence-corrected chi connectivity index (χ4v) is 3.34. The van der Waals surface area contributed by atoms with E-state index >= 15 is 0 Å². The average molecular weight is 456 g/mol. The van der Waals surface area contributed by atoms with Crippen LogP contribution in [0.1, 0.15) is 23.7 Å². The van der Waals surface area contributed by atoms with Crippen LogP contribution in [0.15, 0.2) is 36.4 Å². The van der Waals surface area contributed by atoms with E-state index in [1.807, 2.05) is 35.8 Å². The van der Waals surface area contributed by atoms with Crippen LogP contribution in [0.4, 0.5) is 5.95 Å². The van der Waals surface area contributed by atoms with Gasteiger partial charge in [-0.25, -0.2) is 4.98 Å². The molecule has 0 bridgehead atoms. The molecule has 0 fully saturated rings. The van der Waals surface area contributed by atoms with Crippen molar-refractivity contribution in [3.8, 4) is 17.2 Å². The molecule has 3 rings (SSSR count). The summed E-state index contributed by atoms with van der Waals surface area (Å²) in [6, 6.07) is 10.7. The number of hydrogen-bond acceptors (Lipinski definition) is 7. The molecule has 0 saturated heterocycles. The van der Waals surface area contributed by atoms with Crippen LogP contribution in [0.5, 0.6) is 17.2 Å². The number of carbonyl (C=O) groups excluding carboxylic acids is 2. The first-order valence-corrected chi connectivity index (χ1v) is 10.5. The van der Waals surface area contributed by atoms with Crippen molar-refractivity contribution >= 4 is 28.8 Å². The van der Waals surface area contributed by atoms with Crippen molar-refractivity contribution in [2.75, 3.05) is 39.4 Å². The van der Waals surface area contributed by atoms with E-state index in [2.05, 4.69) is 10.3 Å². The van der Waals surface area contributed by atoms with E-state index in [4.69, 9.17) is 24.7 Å². The van der Waals surface area contributed by atoms with Gasteiger partial charge >= 0.3 is 0 Å². The lowest BCUT2D eigenvalue weighted by Crippen LogP contribution is -2.21. The van der Waals surface area contributed by atoms with Crippen molar-refractivity contribution in [2.45, 2.75) is 19.9 Å². The fourth-order valence-electron chi connectivity index (χ4n) is 3.34. The predicted octanol–water partition coefficient (Wildman–Crippen LogP) is 2.60. The van der Waals surface area contributed by atoms with Gasteiger partial charge in [-0.05, 0) is 37.6 Å². The zero-order valence-corrected chi connectivity index (χ0v) is 18.9. The molecule has 3 aromatic rings. The summed E-state index contributed by atoms with van der Waals surface area (Å²) in [6.45, 7) is 3.48. The zero-order chi connectivity index (χ0) is 23.8. The van der Waals surface area contributed by atoms with Gasteiger partial charge in [-0.15, -0.1) is 0 Å². The molecule has 176 valence electrons. The van der Waals surface area contributed by atoms with E-state index in [0.29, 0.717) is 25.7 Å². The first-order chi connectivity index (χ1) is 16.0. The molecule has 0 spiro atoms. The molecule has 0 radical (unpaired) electrons. The Morgan fingerprint density at radius 2 is 1.82 bits per heavy atom. The monoisotopic (exact) mass is 456 g/mol. The summed E-state index contributed by atoms with van der Waals surface area (Å²) in [6.07, 6.45) is 0.768. The van der Waals surface area contributed by atoms with Gasteiger partial charge in [-0.1, -0.05) is 12.1 Å². The molecule has 0 aliphatic rings. The van der Waals surface area contributed by atoms with Gasteiger partial charge in [0.1, 0.15) is 0 Å². The summed E-state index contributed by atoms with van der Waals surface area (Å²) in [5, 5.41) is 2.88. The Bertz CT molecular complexity index is 1100. The van der Waals surface area contributed by atoms with Crippen molar-refractivity contribution in [3.63, 3.8) is 0 Å². The molecule has 10 heteroatoms. The Hall–Kier alpha value is -3.79. The lowest BCUT2D eigenvalue weighted by atomic mass is 10.1. The first-order valence-electron chi connectivity index (χ1n) is 10.5. The molecule has 2 aromatic carbocycles. The number of methoxy groups -OCH3 is 2. The van der Waals surface area contributed by atoms with Crippen LogP contribution < -0.4 is 25.3 Å². The topological polar surface area (TPSA) is 127 Å². The van der Waals surface area contributed by atoms with Crippen molar-refractivity contribution < 1.29 is 28.5 Å². The maximum Gasteiger partial charge on any atom is 0.258 e. The highest BCUT2D eigenvalue weighted by Gasteiger charge is 2.20. The van der Waals surface area contributed by atoms with E-state index in [0.717, 1.165) is 17.5 Å². The Morgan fingerprint density at radius 1 is 1.12 bits per heavy atom. The van der Waals surface area contributed by atoms with E-state index in [1.165, 1.54) is 26.4 Å². The molecule has 1 aromatic heterocycles. The minimum atomic E-state index is -0.649. The number of anilines is 1. The normalized spacial score (nSPS) is 10.8. The number of rotatable bonds is 12. The zero-order valence-electron chi connectivity index (χ0n) is 18.9. The molecule has 33 heavy (non-hydrogen) atoms. The van der Waals surface area contributed by atoms with E-state index in [-0.39, 0.29) is 29.4 Å². The van der Waals surface area contributed by atoms with Gasteiger partial charge in [-0.2, -0.15) is 0 Å². The van der Waals surface area contributed by atoms with Gasteiger partial charge in [0.2, 0.25) is 11.7 Å². The van der Waals surface area contributed by atoms with Crippen LogP contribution in [0.25, 0.3) is 11.0 Å². The molecule has 2 amide bonds. The highest BCUT2D eigenvalue weighted by molar-refractivity contribution is 6.05. The first kappa shape index (κ1) is 23.9. The highest BCUT2D eigenvalue weighted by Crippen LogP contribution is 2.38. The van der Waals surface area contributed by atoms with Gasteiger partial charge < -0.3 is 29.2 Å². The number of benzene rings is 2. The number of carbonyl (C=O) groups is 2. The standard InChI is InChI=1S/C23H28N4O6/c1-4-32-11-7-10-27-17-9-6-5-8-16(17)25-23(27)26-22(29)15-12-18(30-2)21(19(13-15)31-3)33-14-20(24)28/h5-6,8-9,12-13H,4,7,10-11,14H2,1-3H3,(H2,24,28)(H,25,26,29). The minimum absolute atomic E-state index is 0.179. The highest BCUT2D eigenvalue weighted by atomic mass is 16.5. The quantitative estimate of drug-likeness (QED) is 0.401. The number of imidazole rings is 1. The van der Waals surface area contributed by atoms with Gasteiger partial charge in [0.05, 0.1) is 25.3 Å². The summed E-state index contributed by atoms with van der Waals surface area (Å²) in [4.78, 5) is 28.8. The van der Waals surface area contributed by atoms with Crippen molar-refractivity contribution in [1.29, 1.82) is 0 Å². The molecule has 0 aliphatic heterocycles. The third kappa shape index (κ3) is 5.72. The van der Waals surface area contributed by atoms with Gasteiger partial charge in [-0.3, -0.25) is 14.9 Å². The molecule has 0 aliphatic carbocycles. The summed E-state index contributed by atoms with van der Waals surface area (Å²) in [5.41, 5.74) is 7.11. The molecule has 10 nitrogen and oxygen atoms in total. The smallest absolute Gasteiger partial charge is 0.258 e. The molecular formula is C23H28N4O6. The van der Waals surface area contributed by atoms with E-state index in [1.54, 1.807) is 0 Å². The second-order valence-electron chi connectivity index (χ2n) is 7.05. The van der Waals surface area contributed by atoms with Crippen LogP contribution in [-0.2, 0) is 16.1 Å². The number of amides is 2. The van der Waals surface area contributed by atoms with Gasteiger partial charge in [0, 0.05) is 25.3 Å². The lowest BCUT2D eigenvalue weighted by Gasteiger charge is -2.15. The Kier molecular flexibility index (Phi) is 8.09. The number of hydrogen-bond donors (Lipinski definition) is 2. The van der Waals surface area contributed by atoms with E-state index < -0.39 is 11.8 Å². The van der Waals surface area contributed by atoms with Crippen LogP contribution in [0, 0.1) is 0 Å². The Morgan fingerprint density at radius 3 is 2.45 bits per heavy atom. The third-order valence-electron chi connectivity index (χ3n) is 4.84. The van der Waals surface area contributed by atoms with Gasteiger partial charge in [0.15, 0.2) is 18.1 Å². The summed E-state index contributed by atoms with van der Waals surface area (Å²) in [7, 11) is 2.84. The number of primary amides is 1. The number of aromatic nitrogens is 2. The molecule has 1 heterocycles. The van der Waals surface area contributed by atoms with Crippen molar-refractivity contribution in [1.82, 2.24) is 9.55 Å². The number of fused-ring (bicyclic) bond motifs is 1. The fraction of sp³-hybridized carbons (Fsp3) is 0.348. The number of nitrogens with one attached hydrogen (secondary N) is 1. The lowest BCUT2D eigenvalue weighted by molar-refractivity contribution is -0.120. The van der Waals surface area contributed by atoms with Crippen LogP contribution in [0.3, 0.4) is 0 Å². The SMILES string of the molecule is CCOCCCn1c(NC(=O)c2cc(OC)c(OCC(N)=O)c(OC)c2)nc2ccccc21. The molecule has 0 saturated carbocycles. The third-order valence-corrected chi connectivity index (χ3v) is 4.84. The summed E-state index contributed by atoms with van der Waals surface area (Å²) >= 11 is 0. The second-order valence-corrected chi connectivity index (χ2v) is 7.05. The Labute approximate surface area is 191 Å². The maximum absolute atomic E-state index is 13.1. The predicted molar refractivity (Wildman–Crippen MR) is 123 cm³/mol. The van der Waals surface area contributed by atoms with Crippen molar-refractivity contribution in [2.24, 2.45) is 5.73 Å². The number of aryl methyl sites for hydroxylation is 1. The van der Waals surface area contributed by atoms with Crippen molar-refractivity contribution in [3.05, 3.63) is 42.0 Å². The molecule has 3 N–H and O–H groups in total. The Balaban J connectivity index is 1.89. The number of ether oxygens (including phenoxy) is 4. The average Bonchev–Trinajstić information content (AvgIpc) is 3.16. The largest absolute Gasteiger partial charge is 0.493 e. The summed E-state index contributed by atoms with van der Waals surface area (Å²) in [5.74, 6) is -0.00119. The molecular weight excluding hydrogens is 428 g/mol. The number of nitrogens with zero attached hydrogens (tertiary/aromatic N) is 2. The van der Waals surface area contributed by atoms with E-state index in [9.17, 15) is 9.59 Å². The minimum Gasteiger partial charge on any atom is -0.493 e. The molecule has 0 unspecified atom stereocenters. The molecule has 0 atom stereocenters. The summed E-state index contributed by atoms with van der Waals surface area (Å²) < 4.78 is 23.5. The number of para-hydroxylation sites is 2. The second kappa shape index (κ2) is 11.2. The van der Waals surface area contributed by atoms with Crippen LogP contribution in [-0.4, -0.2) is 55.4 Å². The van der Waals surface area contributed by atoms with Crippen LogP contribution in [0.2, 0.25) is 0 Å².